The van der Waals surface area contributed by atoms with Crippen LogP contribution in [0.4, 0.5) is 0 Å². The van der Waals surface area contributed by atoms with Gasteiger partial charge in [0.05, 0.1) is 5.92 Å². The van der Waals surface area contributed by atoms with Crippen molar-refractivity contribution in [3.05, 3.63) is 29.3 Å². The Balaban J connectivity index is 2.12. The van der Waals surface area contributed by atoms with Crippen molar-refractivity contribution < 1.29 is 14.7 Å². The van der Waals surface area contributed by atoms with Gasteiger partial charge in [0.25, 0.3) is 0 Å². The van der Waals surface area contributed by atoms with Crippen molar-refractivity contribution in [1.29, 1.82) is 0 Å². The number of phenolic OH excluding ortho intramolecular Hbond substituents is 1. The van der Waals surface area contributed by atoms with Gasteiger partial charge in [-0.3, -0.25) is 14.5 Å². The number of phenols is 1. The van der Waals surface area contributed by atoms with Gasteiger partial charge < -0.3 is 5.11 Å². The predicted molar refractivity (Wildman–Crippen MR) is 71.7 cm³/mol. The third kappa shape index (κ3) is 2.78. The number of carbonyl (C=O) groups excluding carboxylic acids is 2. The molecule has 1 N–H and O–H groups in total. The smallest absolute Gasteiger partial charge is 0.233 e. The van der Waals surface area contributed by atoms with Crippen molar-refractivity contribution in [2.45, 2.75) is 33.1 Å². The van der Waals surface area contributed by atoms with Crippen molar-refractivity contribution in [1.82, 2.24) is 4.90 Å². The maximum absolute atomic E-state index is 12.1. The van der Waals surface area contributed by atoms with Gasteiger partial charge in [-0.2, -0.15) is 0 Å². The number of rotatable bonds is 4. The Morgan fingerprint density at radius 2 is 2.11 bits per heavy atom. The van der Waals surface area contributed by atoms with E-state index in [4.69, 9.17) is 0 Å². The molecule has 0 aromatic heterocycles. The van der Waals surface area contributed by atoms with E-state index in [0.717, 1.165) is 17.5 Å². The molecule has 1 heterocycles. The van der Waals surface area contributed by atoms with E-state index < -0.39 is 0 Å². The summed E-state index contributed by atoms with van der Waals surface area (Å²) in [5.41, 5.74) is 1.71. The van der Waals surface area contributed by atoms with E-state index in [1.807, 2.05) is 26.0 Å². The molecule has 1 aromatic carbocycles. The molecule has 1 unspecified atom stereocenters. The minimum absolute atomic E-state index is 0.0940. The maximum atomic E-state index is 12.1. The van der Waals surface area contributed by atoms with Crippen molar-refractivity contribution in [3.8, 4) is 5.75 Å². The summed E-state index contributed by atoms with van der Waals surface area (Å²) < 4.78 is 0. The lowest BCUT2D eigenvalue weighted by Gasteiger charge is -2.14. The first-order chi connectivity index (χ1) is 9.02. The topological polar surface area (TPSA) is 57.6 Å². The van der Waals surface area contributed by atoms with E-state index in [2.05, 4.69) is 0 Å². The average Bonchev–Trinajstić information content (AvgIpc) is 2.61. The molecule has 102 valence electrons. The van der Waals surface area contributed by atoms with Gasteiger partial charge in [-0.25, -0.2) is 0 Å². The maximum Gasteiger partial charge on any atom is 0.233 e. The first-order valence-electron chi connectivity index (χ1n) is 6.65. The third-order valence-electron chi connectivity index (χ3n) is 3.49. The highest BCUT2D eigenvalue weighted by molar-refractivity contribution is 6.03. The number of hydrogen-bond acceptors (Lipinski definition) is 3. The largest absolute Gasteiger partial charge is 0.508 e. The second kappa shape index (κ2) is 5.43. The van der Waals surface area contributed by atoms with Crippen LogP contribution in [0.25, 0.3) is 0 Å². The monoisotopic (exact) mass is 261 g/mol. The zero-order valence-corrected chi connectivity index (χ0v) is 11.3. The van der Waals surface area contributed by atoms with Crippen LogP contribution in [0.3, 0.4) is 0 Å². The van der Waals surface area contributed by atoms with Crippen molar-refractivity contribution in [3.63, 3.8) is 0 Å². The van der Waals surface area contributed by atoms with Crippen LogP contribution in [0.1, 0.15) is 30.9 Å². The van der Waals surface area contributed by atoms with Crippen LogP contribution in [0.5, 0.6) is 5.75 Å². The lowest BCUT2D eigenvalue weighted by molar-refractivity contribution is -0.139. The number of aromatic hydroxyl groups is 1. The van der Waals surface area contributed by atoms with Gasteiger partial charge in [0.2, 0.25) is 11.8 Å². The number of aryl methyl sites for hydroxylation is 1. The van der Waals surface area contributed by atoms with Gasteiger partial charge in [0.15, 0.2) is 0 Å². The fraction of sp³-hybridized carbons (Fsp3) is 0.467. The highest BCUT2D eigenvalue weighted by Crippen LogP contribution is 2.28. The molecule has 0 bridgehead atoms. The molecule has 19 heavy (non-hydrogen) atoms. The van der Waals surface area contributed by atoms with Crippen LogP contribution in [-0.2, 0) is 16.0 Å². The third-order valence-corrected chi connectivity index (χ3v) is 3.49. The summed E-state index contributed by atoms with van der Waals surface area (Å²) in [5.74, 6) is -0.322. The van der Waals surface area contributed by atoms with Gasteiger partial charge in [-0.15, -0.1) is 0 Å². The molecule has 0 spiro atoms. The average molecular weight is 261 g/mol. The lowest BCUT2D eigenvalue weighted by atomic mass is 9.96. The van der Waals surface area contributed by atoms with Gasteiger partial charge in [-0.1, -0.05) is 19.1 Å². The zero-order valence-electron chi connectivity index (χ0n) is 11.3. The zero-order chi connectivity index (χ0) is 14.0. The standard InChI is InChI=1S/C15H19NO3/c1-3-6-16-14(18)9-12(15(16)19)8-11-5-4-10(2)7-13(11)17/h4-5,7,12,17H,3,6,8-9H2,1-2H3. The molecule has 4 heteroatoms. The molecule has 1 fully saturated rings. The summed E-state index contributed by atoms with van der Waals surface area (Å²) in [6.07, 6.45) is 1.46. The molecule has 0 radical (unpaired) electrons. The molecule has 0 aliphatic carbocycles. The highest BCUT2D eigenvalue weighted by Gasteiger charge is 2.37. The Bertz CT molecular complexity index is 510. The first kappa shape index (κ1) is 13.6. The van der Waals surface area contributed by atoms with Crippen LogP contribution in [0, 0.1) is 12.8 Å². The molecule has 2 rings (SSSR count). The van der Waals surface area contributed by atoms with Gasteiger partial charge in [0.1, 0.15) is 5.75 Å². The van der Waals surface area contributed by atoms with Gasteiger partial charge in [0, 0.05) is 13.0 Å². The number of benzene rings is 1. The number of hydrogen-bond donors (Lipinski definition) is 1. The lowest BCUT2D eigenvalue weighted by Crippen LogP contribution is -2.31. The summed E-state index contributed by atoms with van der Waals surface area (Å²) in [6, 6.07) is 5.41. The number of amides is 2. The van der Waals surface area contributed by atoms with Gasteiger partial charge >= 0.3 is 0 Å². The summed E-state index contributed by atoms with van der Waals surface area (Å²) in [7, 11) is 0. The van der Waals surface area contributed by atoms with E-state index in [-0.39, 0.29) is 29.9 Å². The van der Waals surface area contributed by atoms with Crippen LogP contribution in [-0.4, -0.2) is 28.4 Å². The molecule has 1 aliphatic heterocycles. The summed E-state index contributed by atoms with van der Waals surface area (Å²) in [6.45, 7) is 4.34. The minimum atomic E-state index is -0.326. The molecule has 1 atom stereocenters. The van der Waals surface area contributed by atoms with Crippen LogP contribution < -0.4 is 0 Å². The van der Waals surface area contributed by atoms with Crippen molar-refractivity contribution >= 4 is 11.8 Å². The second-order valence-corrected chi connectivity index (χ2v) is 5.12. The highest BCUT2D eigenvalue weighted by atomic mass is 16.3. The van der Waals surface area contributed by atoms with Crippen LogP contribution in [0.15, 0.2) is 18.2 Å². The molecule has 1 saturated heterocycles. The quantitative estimate of drug-likeness (QED) is 0.844. The summed E-state index contributed by atoms with van der Waals surface area (Å²) in [4.78, 5) is 25.2. The first-order valence-corrected chi connectivity index (χ1v) is 6.65. The van der Waals surface area contributed by atoms with Crippen LogP contribution in [0.2, 0.25) is 0 Å². The number of likely N-dealkylation sites (tertiary alicyclic amines) is 1. The Morgan fingerprint density at radius 1 is 1.37 bits per heavy atom. The van der Waals surface area contributed by atoms with E-state index in [0.29, 0.717) is 13.0 Å². The summed E-state index contributed by atoms with van der Waals surface area (Å²) in [5, 5.41) is 9.86. The molecule has 1 aromatic rings. The fourth-order valence-corrected chi connectivity index (χ4v) is 2.48. The number of carbonyl (C=O) groups is 2. The van der Waals surface area contributed by atoms with E-state index >= 15 is 0 Å². The normalized spacial score (nSPS) is 19.3. The predicted octanol–water partition coefficient (Wildman–Crippen LogP) is 2.03. The number of imide groups is 1. The minimum Gasteiger partial charge on any atom is -0.508 e. The molecule has 0 saturated carbocycles. The van der Waals surface area contributed by atoms with Crippen LogP contribution >= 0.6 is 0 Å². The Labute approximate surface area is 113 Å². The molecular formula is C15H19NO3. The Morgan fingerprint density at radius 3 is 2.74 bits per heavy atom. The number of nitrogens with zero attached hydrogens (tertiary/aromatic N) is 1. The second-order valence-electron chi connectivity index (χ2n) is 5.12. The van der Waals surface area contributed by atoms with E-state index in [1.165, 1.54) is 4.90 Å². The van der Waals surface area contributed by atoms with Crippen molar-refractivity contribution in [2.24, 2.45) is 5.92 Å². The Hall–Kier alpha value is -1.84. The fourth-order valence-electron chi connectivity index (χ4n) is 2.48. The van der Waals surface area contributed by atoms with Crippen molar-refractivity contribution in [2.75, 3.05) is 6.54 Å². The molecule has 1 aliphatic rings. The van der Waals surface area contributed by atoms with E-state index in [9.17, 15) is 14.7 Å². The summed E-state index contributed by atoms with van der Waals surface area (Å²) >= 11 is 0. The molecule has 2 amide bonds. The Kier molecular flexibility index (Phi) is 3.88. The molecular weight excluding hydrogens is 242 g/mol. The molecule has 4 nitrogen and oxygen atoms in total. The SMILES string of the molecule is CCCN1C(=O)CC(Cc2ccc(C)cc2O)C1=O. The van der Waals surface area contributed by atoms with Gasteiger partial charge in [-0.05, 0) is 37.0 Å². The van der Waals surface area contributed by atoms with E-state index in [1.54, 1.807) is 6.07 Å².